The van der Waals surface area contributed by atoms with Crippen molar-refractivity contribution in [2.45, 2.75) is 30.7 Å². The van der Waals surface area contributed by atoms with Crippen molar-refractivity contribution in [3.05, 3.63) is 128 Å². The van der Waals surface area contributed by atoms with Gasteiger partial charge in [-0.25, -0.2) is 13.2 Å². The zero-order valence-electron chi connectivity index (χ0n) is 19.4. The van der Waals surface area contributed by atoms with E-state index in [-0.39, 0.29) is 16.7 Å². The fraction of sp³-hybridized carbons (Fsp3) is 0.143. The Labute approximate surface area is 210 Å². The lowest BCUT2D eigenvalue weighted by atomic mass is 10.1. The van der Waals surface area contributed by atoms with Crippen LogP contribution in [0.3, 0.4) is 0 Å². The highest BCUT2D eigenvalue weighted by Gasteiger charge is 2.10. The lowest BCUT2D eigenvalue weighted by molar-refractivity contribution is 0.151. The molecule has 36 heavy (non-hydrogen) atoms. The largest absolute Gasteiger partial charge is 0.284 e. The summed E-state index contributed by atoms with van der Waals surface area (Å²) >= 11 is 1.53. The first kappa shape index (κ1) is 25.3. The van der Waals surface area contributed by atoms with E-state index in [4.69, 9.17) is 0 Å². The number of halogens is 3. The van der Waals surface area contributed by atoms with Gasteiger partial charge in [-0.2, -0.15) is 0 Å². The summed E-state index contributed by atoms with van der Waals surface area (Å²) in [6, 6.07) is 17.3. The van der Waals surface area contributed by atoms with E-state index in [0.717, 1.165) is 16.0 Å². The van der Waals surface area contributed by atoms with Crippen LogP contribution in [0.1, 0.15) is 35.6 Å². The number of pyridine rings is 2. The van der Waals surface area contributed by atoms with Gasteiger partial charge in [-0.3, -0.25) is 18.7 Å². The van der Waals surface area contributed by atoms with Crippen molar-refractivity contribution in [2.75, 3.05) is 0 Å². The van der Waals surface area contributed by atoms with Gasteiger partial charge in [0, 0.05) is 52.1 Å². The molecule has 0 atom stereocenters. The second-order valence-electron chi connectivity index (χ2n) is 8.02. The zero-order chi connectivity index (χ0) is 25.7. The molecule has 0 saturated carbocycles. The first-order valence-corrected chi connectivity index (χ1v) is 12.2. The Morgan fingerprint density at radius 3 is 2.11 bits per heavy atom. The maximum Gasteiger partial charge on any atom is 0.263 e. The fourth-order valence-corrected chi connectivity index (χ4v) is 4.60. The van der Waals surface area contributed by atoms with E-state index in [1.165, 1.54) is 63.5 Å². The summed E-state index contributed by atoms with van der Waals surface area (Å²) in [5.41, 5.74) is 2.64. The molecule has 2 aromatic heterocycles. The molecule has 0 N–H and O–H groups in total. The number of hydrogen-bond donors (Lipinski definition) is 0. The van der Waals surface area contributed by atoms with Crippen molar-refractivity contribution < 1.29 is 13.2 Å². The van der Waals surface area contributed by atoms with Gasteiger partial charge in [0.2, 0.25) is 0 Å². The summed E-state index contributed by atoms with van der Waals surface area (Å²) in [7, 11) is 0. The van der Waals surface area contributed by atoms with Crippen LogP contribution in [-0.4, -0.2) is 9.13 Å². The van der Waals surface area contributed by atoms with E-state index < -0.39 is 13.1 Å². The Hall–Kier alpha value is -3.78. The SMILES string of the molecule is C/C=C/c1cn(-c2ccc(C(F)F)cc2)c(=O)cc1CSc1ccc(-n2cc(CF)ccc2=O)cc1. The minimum Gasteiger partial charge on any atom is -0.284 e. The molecular formula is C28H23F3N2O2S. The van der Waals surface area contributed by atoms with Crippen molar-refractivity contribution in [3.63, 3.8) is 0 Å². The number of alkyl halides is 3. The van der Waals surface area contributed by atoms with E-state index in [1.54, 1.807) is 24.4 Å². The molecule has 184 valence electrons. The van der Waals surface area contributed by atoms with E-state index in [1.807, 2.05) is 31.2 Å². The first-order chi connectivity index (χ1) is 17.4. The average Bonchev–Trinajstić information content (AvgIpc) is 2.89. The molecule has 0 aliphatic rings. The predicted molar refractivity (Wildman–Crippen MR) is 138 cm³/mol. The van der Waals surface area contributed by atoms with Gasteiger partial charge in [0.1, 0.15) is 6.67 Å². The molecule has 0 saturated heterocycles. The maximum absolute atomic E-state index is 13.0. The number of thioether (sulfide) groups is 1. The molecule has 4 rings (SSSR count). The first-order valence-electron chi connectivity index (χ1n) is 11.2. The molecule has 4 nitrogen and oxygen atoms in total. The fourth-order valence-electron chi connectivity index (χ4n) is 3.70. The van der Waals surface area contributed by atoms with E-state index in [2.05, 4.69) is 0 Å². The van der Waals surface area contributed by atoms with Crippen molar-refractivity contribution in [2.24, 2.45) is 0 Å². The van der Waals surface area contributed by atoms with E-state index in [9.17, 15) is 22.8 Å². The minimum atomic E-state index is -2.57. The molecule has 4 aromatic rings. The topological polar surface area (TPSA) is 44.0 Å². The molecule has 0 aliphatic carbocycles. The normalized spacial score (nSPS) is 11.5. The van der Waals surface area contributed by atoms with Crippen LogP contribution < -0.4 is 11.1 Å². The third kappa shape index (κ3) is 5.71. The summed E-state index contributed by atoms with van der Waals surface area (Å²) in [6.07, 6.45) is 4.40. The monoisotopic (exact) mass is 508 g/mol. The van der Waals surface area contributed by atoms with Gasteiger partial charge in [-0.1, -0.05) is 24.3 Å². The molecule has 0 aliphatic heterocycles. The highest BCUT2D eigenvalue weighted by molar-refractivity contribution is 7.98. The molecule has 0 unspecified atom stereocenters. The Balaban J connectivity index is 1.55. The quantitative estimate of drug-likeness (QED) is 0.248. The number of allylic oxidation sites excluding steroid dienone is 1. The second-order valence-corrected chi connectivity index (χ2v) is 9.07. The molecule has 0 spiro atoms. The van der Waals surface area contributed by atoms with Crippen LogP contribution in [0.4, 0.5) is 13.2 Å². The van der Waals surface area contributed by atoms with Crippen LogP contribution in [0.25, 0.3) is 17.5 Å². The van der Waals surface area contributed by atoms with E-state index in [0.29, 0.717) is 22.7 Å². The Morgan fingerprint density at radius 2 is 1.50 bits per heavy atom. The standard InChI is InChI=1S/C28H23F3N2O2S/c1-2-3-21-17-33(23-7-5-20(6-8-23)28(30)31)27(35)14-22(21)18-36-25-11-9-24(10-12-25)32-16-19(15-29)4-13-26(32)34/h2-14,16-17,28H,15,18H2,1H3/b3-2+. The third-order valence-corrected chi connectivity index (χ3v) is 6.64. The molecule has 0 radical (unpaired) electrons. The van der Waals surface area contributed by atoms with E-state index >= 15 is 0 Å². The molecule has 0 fully saturated rings. The molecule has 0 bridgehead atoms. The van der Waals surface area contributed by atoms with Gasteiger partial charge in [0.15, 0.2) is 0 Å². The van der Waals surface area contributed by atoms with Crippen LogP contribution in [0, 0.1) is 0 Å². The lowest BCUT2D eigenvalue weighted by Crippen LogP contribution is -2.18. The van der Waals surface area contributed by atoms with Gasteiger partial charge in [0.05, 0.1) is 0 Å². The van der Waals surface area contributed by atoms with Gasteiger partial charge in [-0.05, 0) is 66.1 Å². The smallest absolute Gasteiger partial charge is 0.263 e. The number of nitrogens with zero attached hydrogens (tertiary/aromatic N) is 2. The molecule has 2 heterocycles. The minimum absolute atomic E-state index is 0.0977. The maximum atomic E-state index is 13.0. The molecular weight excluding hydrogens is 485 g/mol. The van der Waals surface area contributed by atoms with Crippen molar-refractivity contribution >= 4 is 17.8 Å². The van der Waals surface area contributed by atoms with Crippen LogP contribution in [-0.2, 0) is 12.4 Å². The third-order valence-electron chi connectivity index (χ3n) is 5.58. The van der Waals surface area contributed by atoms with Crippen LogP contribution in [0.2, 0.25) is 0 Å². The highest BCUT2D eigenvalue weighted by Crippen LogP contribution is 2.26. The van der Waals surface area contributed by atoms with Crippen molar-refractivity contribution in [3.8, 4) is 11.4 Å². The highest BCUT2D eigenvalue weighted by atomic mass is 32.2. The van der Waals surface area contributed by atoms with Crippen LogP contribution in [0.5, 0.6) is 0 Å². The molecule has 0 amide bonds. The number of aromatic nitrogens is 2. The summed E-state index contributed by atoms with van der Waals surface area (Å²) < 4.78 is 41.6. The summed E-state index contributed by atoms with van der Waals surface area (Å²) in [4.78, 5) is 25.9. The van der Waals surface area contributed by atoms with Gasteiger partial charge in [-0.15, -0.1) is 11.8 Å². The summed E-state index contributed by atoms with van der Waals surface area (Å²) in [5.74, 6) is 0.525. The Bertz CT molecular complexity index is 1490. The predicted octanol–water partition coefficient (Wildman–Crippen LogP) is 6.72. The van der Waals surface area contributed by atoms with Crippen LogP contribution >= 0.6 is 11.8 Å². The zero-order valence-corrected chi connectivity index (χ0v) is 20.2. The van der Waals surface area contributed by atoms with Crippen molar-refractivity contribution in [1.82, 2.24) is 9.13 Å². The lowest BCUT2D eigenvalue weighted by Gasteiger charge is -2.12. The average molecular weight is 509 g/mol. The molecule has 2 aromatic carbocycles. The summed E-state index contributed by atoms with van der Waals surface area (Å²) in [5, 5.41) is 0. The number of benzene rings is 2. The molecule has 8 heteroatoms. The van der Waals surface area contributed by atoms with Crippen LogP contribution in [0.15, 0.2) is 99.7 Å². The van der Waals surface area contributed by atoms with Gasteiger partial charge in [0.25, 0.3) is 17.5 Å². The van der Waals surface area contributed by atoms with Gasteiger partial charge < -0.3 is 0 Å². The Kier molecular flexibility index (Phi) is 7.95. The second kappa shape index (κ2) is 11.3. The summed E-state index contributed by atoms with van der Waals surface area (Å²) in [6.45, 7) is 1.23. The Morgan fingerprint density at radius 1 is 0.861 bits per heavy atom. The van der Waals surface area contributed by atoms with Gasteiger partial charge >= 0.3 is 0 Å². The van der Waals surface area contributed by atoms with Crippen molar-refractivity contribution in [1.29, 1.82) is 0 Å². The number of hydrogen-bond acceptors (Lipinski definition) is 3. The number of rotatable bonds is 8.